The van der Waals surface area contributed by atoms with Crippen LogP contribution in [-0.4, -0.2) is 48.2 Å². The number of carbonyl (C=O) groups excluding carboxylic acids is 1. The van der Waals surface area contributed by atoms with E-state index >= 15 is 0 Å². The van der Waals surface area contributed by atoms with Crippen LogP contribution in [0.2, 0.25) is 0 Å². The minimum atomic E-state index is -0.772. The zero-order valence-electron chi connectivity index (χ0n) is 16.9. The summed E-state index contributed by atoms with van der Waals surface area (Å²) >= 11 is 0. The van der Waals surface area contributed by atoms with Gasteiger partial charge >= 0.3 is 0 Å². The predicted molar refractivity (Wildman–Crippen MR) is 110 cm³/mol. The maximum Gasteiger partial charge on any atom is 0.296 e. The Morgan fingerprint density at radius 2 is 2.00 bits per heavy atom. The number of fused-ring (bicyclic) bond motifs is 3. The molecule has 1 amide bonds. The summed E-state index contributed by atoms with van der Waals surface area (Å²) in [6.45, 7) is 2.45. The highest BCUT2D eigenvalue weighted by Gasteiger charge is 2.52. The molecule has 3 heterocycles. The van der Waals surface area contributed by atoms with E-state index in [4.69, 9.17) is 9.47 Å². The van der Waals surface area contributed by atoms with Crippen molar-refractivity contribution in [3.63, 3.8) is 0 Å². The summed E-state index contributed by atoms with van der Waals surface area (Å²) in [5, 5.41) is 0. The number of allylic oxidation sites excluding steroid dienone is 4. The first-order chi connectivity index (χ1) is 14.2. The van der Waals surface area contributed by atoms with E-state index in [-0.39, 0.29) is 12.0 Å². The number of aliphatic imine (C=N–C) groups is 1. The van der Waals surface area contributed by atoms with E-state index in [9.17, 15) is 4.79 Å². The second kappa shape index (κ2) is 6.69. The van der Waals surface area contributed by atoms with Crippen LogP contribution in [0.25, 0.3) is 0 Å². The average molecular weight is 392 g/mol. The Morgan fingerprint density at radius 3 is 2.93 bits per heavy atom. The number of rotatable bonds is 0. The van der Waals surface area contributed by atoms with Gasteiger partial charge in [-0.05, 0) is 55.2 Å². The van der Waals surface area contributed by atoms with Crippen LogP contribution in [0, 0.1) is 5.92 Å². The van der Waals surface area contributed by atoms with Crippen molar-refractivity contribution in [2.24, 2.45) is 10.9 Å². The van der Waals surface area contributed by atoms with Gasteiger partial charge < -0.3 is 14.4 Å². The van der Waals surface area contributed by atoms with E-state index in [0.29, 0.717) is 24.8 Å². The van der Waals surface area contributed by atoms with Gasteiger partial charge in [-0.2, -0.15) is 4.99 Å². The highest BCUT2D eigenvalue weighted by molar-refractivity contribution is 6.02. The fourth-order valence-corrected chi connectivity index (χ4v) is 5.95. The lowest BCUT2D eigenvalue weighted by Crippen LogP contribution is -2.39. The molecule has 1 spiro atoms. The van der Waals surface area contributed by atoms with Gasteiger partial charge in [0.15, 0.2) is 0 Å². The summed E-state index contributed by atoms with van der Waals surface area (Å²) in [5.41, 5.74) is 4.81. The molecular formula is C24H28N2O3. The minimum Gasteiger partial charge on any atom is -0.447 e. The Balaban J connectivity index is 1.18. The Labute approximate surface area is 171 Å². The van der Waals surface area contributed by atoms with Crippen molar-refractivity contribution in [1.29, 1.82) is 0 Å². The van der Waals surface area contributed by atoms with Crippen LogP contribution < -0.4 is 0 Å². The van der Waals surface area contributed by atoms with Crippen LogP contribution >= 0.6 is 0 Å². The lowest BCUT2D eigenvalue weighted by Gasteiger charge is -2.35. The third-order valence-corrected chi connectivity index (χ3v) is 7.49. The monoisotopic (exact) mass is 392 g/mol. The van der Waals surface area contributed by atoms with Gasteiger partial charge in [0.25, 0.3) is 11.9 Å². The number of hydrogen-bond acceptors (Lipinski definition) is 4. The van der Waals surface area contributed by atoms with Crippen molar-refractivity contribution in [1.82, 2.24) is 4.90 Å². The van der Waals surface area contributed by atoms with Crippen LogP contribution in [0.1, 0.15) is 51.4 Å². The molecule has 152 valence electrons. The molecule has 0 saturated carbocycles. The smallest absolute Gasteiger partial charge is 0.296 e. The van der Waals surface area contributed by atoms with Crippen molar-refractivity contribution >= 4 is 11.9 Å². The molecular weight excluding hydrogens is 364 g/mol. The largest absolute Gasteiger partial charge is 0.447 e. The maximum absolute atomic E-state index is 12.9. The number of nitrogens with zero attached hydrogens (tertiary/aromatic N) is 2. The van der Waals surface area contributed by atoms with E-state index in [1.54, 1.807) is 0 Å². The van der Waals surface area contributed by atoms with E-state index in [2.05, 4.69) is 34.2 Å². The summed E-state index contributed by atoms with van der Waals surface area (Å²) in [4.78, 5) is 19.5. The first-order valence-electron chi connectivity index (χ1n) is 11.2. The average Bonchev–Trinajstić information content (AvgIpc) is 3.18. The van der Waals surface area contributed by atoms with Gasteiger partial charge in [0.1, 0.15) is 0 Å². The number of amidine groups is 1. The molecule has 0 radical (unpaired) electrons. The lowest BCUT2D eigenvalue weighted by atomic mass is 9.80. The number of likely N-dealkylation sites (tertiary alicyclic amines) is 1. The normalized spacial score (nSPS) is 36.1. The van der Waals surface area contributed by atoms with Crippen LogP contribution in [-0.2, 0) is 14.3 Å². The van der Waals surface area contributed by atoms with E-state index in [1.165, 1.54) is 22.3 Å². The summed E-state index contributed by atoms with van der Waals surface area (Å²) in [6.07, 6.45) is 17.2. The summed E-state index contributed by atoms with van der Waals surface area (Å²) in [5.74, 6) is 0.367. The standard InChI is InChI=1S/C24H28N2O3/c27-22-24(13-16-5-1-2-6-17(16)14-24)29-23(25-22)26-11-9-20-19-8-4-3-7-18(19)15-28-21(20)10-12-26/h1,5,7-8,20-21H,2-4,6,9-15H2. The Hall–Kier alpha value is -2.14. The van der Waals surface area contributed by atoms with Crippen LogP contribution in [0.15, 0.2) is 51.6 Å². The summed E-state index contributed by atoms with van der Waals surface area (Å²) in [7, 11) is 0. The molecule has 0 aromatic heterocycles. The van der Waals surface area contributed by atoms with Crippen molar-refractivity contribution in [2.45, 2.75) is 63.1 Å². The fraction of sp³-hybridized carbons (Fsp3) is 0.583. The SMILES string of the molecule is O=C1N=C(N2CCC3OCC4=CCCC=C4C3CC2)OC12CC1=C(CCC=C1)C2. The molecule has 3 unspecified atom stereocenters. The molecule has 6 aliphatic rings. The molecule has 0 N–H and O–H groups in total. The number of ether oxygens (including phenoxy) is 2. The number of carbonyl (C=O) groups is 1. The number of amides is 1. The van der Waals surface area contributed by atoms with Gasteiger partial charge in [-0.15, -0.1) is 0 Å². The first kappa shape index (κ1) is 17.7. The van der Waals surface area contributed by atoms with Gasteiger partial charge in [0, 0.05) is 31.8 Å². The number of hydrogen-bond donors (Lipinski definition) is 0. The molecule has 0 bridgehead atoms. The molecule has 0 aromatic rings. The molecule has 3 aliphatic carbocycles. The topological polar surface area (TPSA) is 51.1 Å². The first-order valence-corrected chi connectivity index (χ1v) is 11.2. The van der Waals surface area contributed by atoms with Crippen LogP contribution in [0.3, 0.4) is 0 Å². The van der Waals surface area contributed by atoms with Gasteiger partial charge in [0.05, 0.1) is 12.7 Å². The molecule has 6 rings (SSSR count). The van der Waals surface area contributed by atoms with Crippen molar-refractivity contribution in [2.75, 3.05) is 19.7 Å². The predicted octanol–water partition coefficient (Wildman–Crippen LogP) is 3.84. The van der Waals surface area contributed by atoms with E-state index in [1.807, 2.05) is 0 Å². The minimum absolute atomic E-state index is 0.0894. The van der Waals surface area contributed by atoms with Gasteiger partial charge in [-0.3, -0.25) is 4.79 Å². The zero-order valence-corrected chi connectivity index (χ0v) is 16.9. The fourth-order valence-electron chi connectivity index (χ4n) is 5.95. The third-order valence-electron chi connectivity index (χ3n) is 7.49. The van der Waals surface area contributed by atoms with Crippen LogP contribution in [0.5, 0.6) is 0 Å². The van der Waals surface area contributed by atoms with Crippen molar-refractivity contribution in [3.05, 3.63) is 46.6 Å². The zero-order chi connectivity index (χ0) is 19.4. The van der Waals surface area contributed by atoms with Gasteiger partial charge in [-0.1, -0.05) is 29.9 Å². The molecule has 5 heteroatoms. The molecule has 2 saturated heterocycles. The van der Waals surface area contributed by atoms with Gasteiger partial charge in [-0.25, -0.2) is 0 Å². The van der Waals surface area contributed by atoms with E-state index in [0.717, 1.165) is 58.2 Å². The maximum atomic E-state index is 12.9. The summed E-state index contributed by atoms with van der Waals surface area (Å²) in [6, 6.07) is 0.547. The molecule has 0 aromatic carbocycles. The Kier molecular flexibility index (Phi) is 4.09. The Bertz CT molecular complexity index is 909. The van der Waals surface area contributed by atoms with Crippen molar-refractivity contribution < 1.29 is 14.3 Å². The van der Waals surface area contributed by atoms with Gasteiger partial charge in [0.2, 0.25) is 5.60 Å². The van der Waals surface area contributed by atoms with E-state index < -0.39 is 5.60 Å². The van der Waals surface area contributed by atoms with Crippen LogP contribution in [0.4, 0.5) is 0 Å². The molecule has 3 atom stereocenters. The summed E-state index contributed by atoms with van der Waals surface area (Å²) < 4.78 is 12.6. The second-order valence-electron chi connectivity index (χ2n) is 9.21. The third kappa shape index (κ3) is 2.85. The molecule has 3 aliphatic heterocycles. The molecule has 5 nitrogen and oxygen atoms in total. The highest BCUT2D eigenvalue weighted by Crippen LogP contribution is 2.46. The lowest BCUT2D eigenvalue weighted by molar-refractivity contribution is -0.130. The van der Waals surface area contributed by atoms with Crippen molar-refractivity contribution in [3.8, 4) is 0 Å². The quantitative estimate of drug-likeness (QED) is 0.629. The molecule has 29 heavy (non-hydrogen) atoms. The second-order valence-corrected chi connectivity index (χ2v) is 9.21. The highest BCUT2D eigenvalue weighted by atomic mass is 16.5. The Morgan fingerprint density at radius 1 is 1.10 bits per heavy atom. The molecule has 2 fully saturated rings.